The van der Waals surface area contributed by atoms with Gasteiger partial charge in [0.25, 0.3) is 0 Å². The van der Waals surface area contributed by atoms with Gasteiger partial charge in [-0.15, -0.1) is 0 Å². The molecule has 0 fully saturated rings. The van der Waals surface area contributed by atoms with Gasteiger partial charge in [0, 0.05) is 0 Å². The zero-order valence-corrected chi connectivity index (χ0v) is 12.3. The average Bonchev–Trinajstić information content (AvgIpc) is 2.37. The molecule has 0 heterocycles. The van der Waals surface area contributed by atoms with Gasteiger partial charge in [0.15, 0.2) is 0 Å². The third-order valence-corrected chi connectivity index (χ3v) is 3.02. The number of benzene rings is 2. The largest absolute Gasteiger partial charge is 0.0707 e. The molecular formula is C19H22. The second-order valence-electron chi connectivity index (χ2n) is 6.16. The van der Waals surface area contributed by atoms with Crippen LogP contribution in [0, 0.1) is 12.3 Å². The first kappa shape index (κ1) is 13.6. The van der Waals surface area contributed by atoms with Crippen LogP contribution in [0.15, 0.2) is 60.7 Å². The SMILES string of the molecule is Cc1ccc(/C(=C/C(C)(C)C)c2ccccc2)cc1. The van der Waals surface area contributed by atoms with Crippen molar-refractivity contribution >= 4 is 5.57 Å². The standard InChI is InChI=1S/C19H22/c1-15-10-12-17(13-11-15)18(14-19(2,3)4)16-8-6-5-7-9-16/h5-14H,1-4H3/b18-14+. The quantitative estimate of drug-likeness (QED) is 0.662. The number of hydrogen-bond donors (Lipinski definition) is 0. The highest BCUT2D eigenvalue weighted by Crippen LogP contribution is 2.29. The van der Waals surface area contributed by atoms with E-state index in [2.05, 4.69) is 88.4 Å². The lowest BCUT2D eigenvalue weighted by Gasteiger charge is -2.17. The van der Waals surface area contributed by atoms with Crippen LogP contribution in [0.3, 0.4) is 0 Å². The summed E-state index contributed by atoms with van der Waals surface area (Å²) in [6.45, 7) is 8.85. The molecule has 0 nitrogen and oxygen atoms in total. The Bertz CT molecular complexity index is 551. The molecule has 0 N–H and O–H groups in total. The summed E-state index contributed by atoms with van der Waals surface area (Å²) in [5, 5.41) is 0. The number of allylic oxidation sites excluding steroid dienone is 1. The molecule has 0 aliphatic heterocycles. The van der Waals surface area contributed by atoms with E-state index < -0.39 is 0 Å². The van der Waals surface area contributed by atoms with Crippen LogP contribution in [0.1, 0.15) is 37.5 Å². The van der Waals surface area contributed by atoms with E-state index in [0.29, 0.717) is 0 Å². The van der Waals surface area contributed by atoms with E-state index in [1.807, 2.05) is 0 Å². The van der Waals surface area contributed by atoms with E-state index in [0.717, 1.165) is 0 Å². The summed E-state index contributed by atoms with van der Waals surface area (Å²) >= 11 is 0. The first-order valence-electron chi connectivity index (χ1n) is 6.81. The minimum absolute atomic E-state index is 0.163. The molecule has 0 heteroatoms. The van der Waals surface area contributed by atoms with Crippen molar-refractivity contribution in [2.24, 2.45) is 5.41 Å². The first-order chi connectivity index (χ1) is 8.96. The Kier molecular flexibility index (Phi) is 3.90. The molecule has 2 aromatic carbocycles. The van der Waals surface area contributed by atoms with Crippen LogP contribution in [0.2, 0.25) is 0 Å². The summed E-state index contributed by atoms with van der Waals surface area (Å²) in [7, 11) is 0. The van der Waals surface area contributed by atoms with Crippen LogP contribution < -0.4 is 0 Å². The molecular weight excluding hydrogens is 228 g/mol. The lowest BCUT2D eigenvalue weighted by Crippen LogP contribution is -2.02. The molecule has 0 radical (unpaired) electrons. The molecule has 2 rings (SSSR count). The summed E-state index contributed by atoms with van der Waals surface area (Å²) < 4.78 is 0. The van der Waals surface area contributed by atoms with E-state index in [4.69, 9.17) is 0 Å². The lowest BCUT2D eigenvalue weighted by molar-refractivity contribution is 0.546. The van der Waals surface area contributed by atoms with Crippen molar-refractivity contribution in [2.45, 2.75) is 27.7 Å². The van der Waals surface area contributed by atoms with Gasteiger partial charge in [-0.1, -0.05) is 87.0 Å². The molecule has 0 atom stereocenters. The van der Waals surface area contributed by atoms with Crippen molar-refractivity contribution in [3.8, 4) is 0 Å². The van der Waals surface area contributed by atoms with Gasteiger partial charge < -0.3 is 0 Å². The molecule has 0 saturated carbocycles. The van der Waals surface area contributed by atoms with Crippen molar-refractivity contribution in [1.29, 1.82) is 0 Å². The van der Waals surface area contributed by atoms with Gasteiger partial charge >= 0.3 is 0 Å². The first-order valence-corrected chi connectivity index (χ1v) is 6.81. The zero-order valence-electron chi connectivity index (χ0n) is 12.3. The van der Waals surface area contributed by atoms with E-state index >= 15 is 0 Å². The maximum atomic E-state index is 2.35. The predicted molar refractivity (Wildman–Crippen MR) is 84.2 cm³/mol. The maximum absolute atomic E-state index is 2.35. The monoisotopic (exact) mass is 250 g/mol. The molecule has 0 bridgehead atoms. The Labute approximate surface area is 116 Å². The van der Waals surface area contributed by atoms with Crippen molar-refractivity contribution in [3.63, 3.8) is 0 Å². The number of rotatable bonds is 2. The molecule has 0 saturated heterocycles. The molecule has 98 valence electrons. The summed E-state index contributed by atoms with van der Waals surface area (Å²) in [5.74, 6) is 0. The van der Waals surface area contributed by atoms with Gasteiger partial charge in [-0.2, -0.15) is 0 Å². The predicted octanol–water partition coefficient (Wildman–Crippen LogP) is 5.47. The van der Waals surface area contributed by atoms with Crippen molar-refractivity contribution in [3.05, 3.63) is 77.4 Å². The Balaban J connectivity index is 2.53. The molecule has 0 aliphatic carbocycles. The lowest BCUT2D eigenvalue weighted by atomic mass is 9.87. The van der Waals surface area contributed by atoms with Crippen LogP contribution >= 0.6 is 0 Å². The highest BCUT2D eigenvalue weighted by molar-refractivity contribution is 5.80. The van der Waals surface area contributed by atoms with Crippen LogP contribution in [0.5, 0.6) is 0 Å². The minimum Gasteiger partial charge on any atom is -0.0707 e. The second-order valence-corrected chi connectivity index (χ2v) is 6.16. The van der Waals surface area contributed by atoms with Crippen molar-refractivity contribution in [1.82, 2.24) is 0 Å². The highest BCUT2D eigenvalue weighted by Gasteiger charge is 2.11. The number of hydrogen-bond acceptors (Lipinski definition) is 0. The van der Waals surface area contributed by atoms with Gasteiger partial charge in [-0.3, -0.25) is 0 Å². The molecule has 0 aliphatic rings. The molecule has 0 aromatic heterocycles. The normalized spacial score (nSPS) is 12.5. The van der Waals surface area contributed by atoms with Crippen LogP contribution in [0.4, 0.5) is 0 Å². The van der Waals surface area contributed by atoms with E-state index in [9.17, 15) is 0 Å². The van der Waals surface area contributed by atoms with Gasteiger partial charge in [0.05, 0.1) is 0 Å². The van der Waals surface area contributed by atoms with Crippen molar-refractivity contribution in [2.75, 3.05) is 0 Å². The molecule has 2 aromatic rings. The summed E-state index contributed by atoms with van der Waals surface area (Å²) in [6, 6.07) is 19.4. The molecule has 0 spiro atoms. The van der Waals surface area contributed by atoms with Gasteiger partial charge in [0.1, 0.15) is 0 Å². The third kappa shape index (κ3) is 3.82. The summed E-state index contributed by atoms with van der Waals surface area (Å²) in [6.07, 6.45) is 2.35. The van der Waals surface area contributed by atoms with E-state index in [1.165, 1.54) is 22.3 Å². The Hall–Kier alpha value is -1.82. The highest BCUT2D eigenvalue weighted by atomic mass is 14.2. The topological polar surface area (TPSA) is 0 Å². The Morgan fingerprint density at radius 3 is 1.84 bits per heavy atom. The van der Waals surface area contributed by atoms with Gasteiger partial charge in [-0.25, -0.2) is 0 Å². The maximum Gasteiger partial charge on any atom is -0.0146 e. The summed E-state index contributed by atoms with van der Waals surface area (Å²) in [5.41, 5.74) is 5.34. The fourth-order valence-corrected chi connectivity index (χ4v) is 2.12. The van der Waals surface area contributed by atoms with Gasteiger partial charge in [0.2, 0.25) is 0 Å². The minimum atomic E-state index is 0.163. The average molecular weight is 250 g/mol. The molecule has 0 unspecified atom stereocenters. The van der Waals surface area contributed by atoms with Gasteiger partial charge in [-0.05, 0) is 29.0 Å². The fraction of sp³-hybridized carbons (Fsp3) is 0.263. The summed E-state index contributed by atoms with van der Waals surface area (Å²) in [4.78, 5) is 0. The van der Waals surface area contributed by atoms with Crippen LogP contribution in [-0.4, -0.2) is 0 Å². The molecule has 0 amide bonds. The smallest absolute Gasteiger partial charge is 0.0146 e. The molecule has 19 heavy (non-hydrogen) atoms. The zero-order chi connectivity index (χ0) is 13.9. The fourth-order valence-electron chi connectivity index (χ4n) is 2.12. The van der Waals surface area contributed by atoms with E-state index in [1.54, 1.807) is 0 Å². The van der Waals surface area contributed by atoms with Crippen LogP contribution in [-0.2, 0) is 0 Å². The number of aryl methyl sites for hydroxylation is 1. The second kappa shape index (κ2) is 5.44. The van der Waals surface area contributed by atoms with Crippen molar-refractivity contribution < 1.29 is 0 Å². The third-order valence-electron chi connectivity index (χ3n) is 3.02. The Morgan fingerprint density at radius 2 is 1.32 bits per heavy atom. The van der Waals surface area contributed by atoms with Crippen LogP contribution in [0.25, 0.3) is 5.57 Å². The van der Waals surface area contributed by atoms with E-state index in [-0.39, 0.29) is 5.41 Å². The Morgan fingerprint density at radius 1 is 0.789 bits per heavy atom.